The summed E-state index contributed by atoms with van der Waals surface area (Å²) in [6, 6.07) is 0. The second-order valence-electron chi connectivity index (χ2n) is 3.57. The van der Waals surface area contributed by atoms with E-state index in [1.54, 1.807) is 13.8 Å². The number of aliphatic carboxylic acids is 1. The summed E-state index contributed by atoms with van der Waals surface area (Å²) < 4.78 is 5.09. The second-order valence-corrected chi connectivity index (χ2v) is 3.57. The molecule has 16 heavy (non-hydrogen) atoms. The Kier molecular flexibility index (Phi) is 9.85. The molecule has 5 heteroatoms. The Morgan fingerprint density at radius 1 is 1.19 bits per heavy atom. The molecule has 0 spiro atoms. The van der Waals surface area contributed by atoms with E-state index in [1.165, 1.54) is 0 Å². The topological polar surface area (TPSA) is 63.6 Å². The molecule has 0 saturated heterocycles. The van der Waals surface area contributed by atoms with Gasteiger partial charge in [-0.1, -0.05) is 20.8 Å². The largest absolute Gasteiger partial charge is 0.480 e. The minimum atomic E-state index is -1.26. The maximum atomic E-state index is 11.7. The molecule has 0 aromatic heterocycles. The monoisotopic (exact) mass is 246 g/mol. The number of ether oxygens (including phenoxy) is 1. The number of carbonyl (C=O) groups excluding carboxylic acids is 1. The average molecular weight is 246 g/mol. The lowest BCUT2D eigenvalue weighted by Gasteiger charge is -2.24. The quantitative estimate of drug-likeness (QED) is 0.389. The van der Waals surface area contributed by atoms with Crippen LogP contribution in [0.4, 0.5) is 0 Å². The zero-order valence-corrected chi connectivity index (χ0v) is 9.71. The van der Waals surface area contributed by atoms with Gasteiger partial charge in [0.05, 0.1) is 0 Å². The minimum absolute atomic E-state index is 0. The molecule has 0 saturated carbocycles. The zero-order valence-electron chi connectivity index (χ0n) is 9.71. The van der Waals surface area contributed by atoms with Gasteiger partial charge in [0.1, 0.15) is 12.0 Å². The number of ketones is 1. The van der Waals surface area contributed by atoms with E-state index >= 15 is 0 Å². The number of rotatable bonds is 8. The number of hydrogen-bond acceptors (Lipinski definition) is 3. The summed E-state index contributed by atoms with van der Waals surface area (Å²) in [5, 5.41) is 9.07. The fourth-order valence-corrected chi connectivity index (χ4v) is 1.51. The molecule has 0 aromatic carbocycles. The van der Waals surface area contributed by atoms with Crippen LogP contribution in [0.3, 0.4) is 0 Å². The van der Waals surface area contributed by atoms with E-state index in [-0.39, 0.29) is 29.8 Å². The lowest BCUT2D eigenvalue weighted by molar-refractivity contribution is -0.157. The first-order chi connectivity index (χ1) is 7.05. The molecule has 0 rings (SSSR count). The zero-order chi connectivity index (χ0) is 11.9. The van der Waals surface area contributed by atoms with Gasteiger partial charge in [0, 0.05) is 6.61 Å². The molecular formula is C11H23AlO4. The van der Waals surface area contributed by atoms with Crippen LogP contribution in [0.15, 0.2) is 0 Å². The normalized spacial score (nSPS) is 10.7. The van der Waals surface area contributed by atoms with Crippen molar-refractivity contribution in [3.8, 4) is 0 Å². The Morgan fingerprint density at radius 2 is 1.69 bits per heavy atom. The van der Waals surface area contributed by atoms with Gasteiger partial charge >= 0.3 is 5.97 Å². The first-order valence-corrected chi connectivity index (χ1v) is 5.39. The predicted octanol–water partition coefficient (Wildman–Crippen LogP) is 0.689. The van der Waals surface area contributed by atoms with Crippen LogP contribution in [0.25, 0.3) is 0 Å². The summed E-state index contributed by atoms with van der Waals surface area (Å²) >= 11 is 0. The Hall–Kier alpha value is -0.368. The van der Waals surface area contributed by atoms with Crippen LogP contribution in [0.5, 0.6) is 0 Å². The molecule has 0 bridgehead atoms. The maximum absolute atomic E-state index is 11.7. The van der Waals surface area contributed by atoms with Gasteiger partial charge in [0.25, 0.3) is 0 Å². The van der Waals surface area contributed by atoms with Gasteiger partial charge in [0.2, 0.25) is 0 Å². The summed E-state index contributed by atoms with van der Waals surface area (Å²) in [7, 11) is 0. The molecule has 0 aromatic rings. The average Bonchev–Trinajstić information content (AvgIpc) is 2.20. The van der Waals surface area contributed by atoms with Gasteiger partial charge < -0.3 is 9.84 Å². The third-order valence-electron chi connectivity index (χ3n) is 2.73. The molecule has 0 aliphatic carbocycles. The van der Waals surface area contributed by atoms with E-state index < -0.39 is 11.4 Å². The molecule has 94 valence electrons. The van der Waals surface area contributed by atoms with Crippen molar-refractivity contribution >= 4 is 29.1 Å². The SMILES string of the molecule is CCCOCC(=O)C(CC)(CC)C(=O)O.[AlH3]. The molecule has 0 heterocycles. The van der Waals surface area contributed by atoms with Crippen LogP contribution in [-0.4, -0.2) is 47.4 Å². The first kappa shape index (κ1) is 18.0. The van der Waals surface area contributed by atoms with Gasteiger partial charge in [-0.25, -0.2) is 0 Å². The third kappa shape index (κ3) is 4.25. The molecule has 0 fully saturated rings. The third-order valence-corrected chi connectivity index (χ3v) is 2.73. The highest BCUT2D eigenvalue weighted by Gasteiger charge is 2.42. The minimum Gasteiger partial charge on any atom is -0.480 e. The first-order valence-electron chi connectivity index (χ1n) is 5.39. The van der Waals surface area contributed by atoms with Crippen molar-refractivity contribution in [2.24, 2.45) is 5.41 Å². The van der Waals surface area contributed by atoms with Crippen molar-refractivity contribution in [1.29, 1.82) is 0 Å². The van der Waals surface area contributed by atoms with Gasteiger partial charge in [-0.2, -0.15) is 0 Å². The standard InChI is InChI=1S/C11H20O4.Al.3H/c1-4-7-15-8-9(12)11(5-2,6-3)10(13)14;;;;/h4-8H2,1-3H3,(H,13,14);;;;. The van der Waals surface area contributed by atoms with E-state index in [1.807, 2.05) is 6.92 Å². The van der Waals surface area contributed by atoms with Crippen molar-refractivity contribution in [2.75, 3.05) is 13.2 Å². The molecule has 0 atom stereocenters. The number of Topliss-reactive ketones (excluding diaryl/α,β-unsaturated/α-hetero) is 1. The smallest absolute Gasteiger partial charge is 0.317 e. The predicted molar refractivity (Wildman–Crippen MR) is 66.7 cm³/mol. The van der Waals surface area contributed by atoms with Crippen LogP contribution in [-0.2, 0) is 14.3 Å². The fraction of sp³-hybridized carbons (Fsp3) is 0.818. The molecule has 0 aliphatic heterocycles. The van der Waals surface area contributed by atoms with Crippen molar-refractivity contribution < 1.29 is 19.4 Å². The second kappa shape index (κ2) is 8.75. The highest BCUT2D eigenvalue weighted by molar-refractivity contribution is 6.03. The highest BCUT2D eigenvalue weighted by atomic mass is 27.0. The van der Waals surface area contributed by atoms with Gasteiger partial charge in [-0.05, 0) is 19.3 Å². The summed E-state index contributed by atoms with van der Waals surface area (Å²) in [5.41, 5.74) is -1.26. The van der Waals surface area contributed by atoms with Gasteiger partial charge in [-0.15, -0.1) is 0 Å². The maximum Gasteiger partial charge on any atom is 0.317 e. The lowest BCUT2D eigenvalue weighted by atomic mass is 9.78. The van der Waals surface area contributed by atoms with E-state index in [0.717, 1.165) is 6.42 Å². The van der Waals surface area contributed by atoms with E-state index in [4.69, 9.17) is 9.84 Å². The Morgan fingerprint density at radius 3 is 2.00 bits per heavy atom. The molecule has 0 aliphatic rings. The van der Waals surface area contributed by atoms with Crippen molar-refractivity contribution in [3.63, 3.8) is 0 Å². The Labute approximate surface area is 107 Å². The number of carboxylic acids is 1. The summed E-state index contributed by atoms with van der Waals surface area (Å²) in [6.45, 7) is 5.77. The van der Waals surface area contributed by atoms with E-state index in [0.29, 0.717) is 19.4 Å². The van der Waals surface area contributed by atoms with Crippen molar-refractivity contribution in [3.05, 3.63) is 0 Å². The van der Waals surface area contributed by atoms with Crippen LogP contribution in [0.2, 0.25) is 0 Å². The molecule has 0 amide bonds. The molecule has 0 unspecified atom stereocenters. The highest BCUT2D eigenvalue weighted by Crippen LogP contribution is 2.28. The van der Waals surface area contributed by atoms with Crippen LogP contribution >= 0.6 is 0 Å². The molecule has 0 radical (unpaired) electrons. The molecular weight excluding hydrogens is 223 g/mol. The summed E-state index contributed by atoms with van der Waals surface area (Å²) in [5.74, 6) is -1.37. The number of hydrogen-bond donors (Lipinski definition) is 1. The van der Waals surface area contributed by atoms with Gasteiger partial charge in [-0.3, -0.25) is 9.59 Å². The molecule has 4 nitrogen and oxygen atoms in total. The Bertz CT molecular complexity index is 224. The van der Waals surface area contributed by atoms with Crippen molar-refractivity contribution in [2.45, 2.75) is 40.0 Å². The Balaban J connectivity index is 0. The van der Waals surface area contributed by atoms with Gasteiger partial charge in [0.15, 0.2) is 23.1 Å². The van der Waals surface area contributed by atoms with E-state index in [9.17, 15) is 9.59 Å². The lowest BCUT2D eigenvalue weighted by Crippen LogP contribution is -2.40. The summed E-state index contributed by atoms with van der Waals surface area (Å²) in [6.07, 6.45) is 1.45. The van der Waals surface area contributed by atoms with Crippen LogP contribution in [0.1, 0.15) is 40.0 Å². The van der Waals surface area contributed by atoms with Crippen LogP contribution < -0.4 is 0 Å². The fourth-order valence-electron chi connectivity index (χ4n) is 1.51. The van der Waals surface area contributed by atoms with Crippen LogP contribution in [0, 0.1) is 5.41 Å². The van der Waals surface area contributed by atoms with Crippen molar-refractivity contribution in [1.82, 2.24) is 0 Å². The number of carbonyl (C=O) groups is 2. The molecule has 1 N–H and O–H groups in total. The van der Waals surface area contributed by atoms with E-state index in [2.05, 4.69) is 0 Å². The summed E-state index contributed by atoms with van der Waals surface area (Å²) in [4.78, 5) is 22.8. The number of carboxylic acid groups (broad SMARTS) is 1.